The molecule has 20 heavy (non-hydrogen) atoms. The summed E-state index contributed by atoms with van der Waals surface area (Å²) in [5.74, 6) is 0.529. The largest absolute Gasteiger partial charge is 0.472 e. The lowest BCUT2D eigenvalue weighted by Gasteiger charge is -2.19. The second-order valence-corrected chi connectivity index (χ2v) is 5.03. The SMILES string of the molecule is COC[C@@H](C)Oc1c(N)cc(C#N)n1C[C@@H]1CCCO1. The second-order valence-electron chi connectivity index (χ2n) is 5.03. The van der Waals surface area contributed by atoms with Crippen molar-refractivity contribution in [3.8, 4) is 11.9 Å². The fourth-order valence-electron chi connectivity index (χ4n) is 2.41. The molecule has 0 aromatic carbocycles. The number of hydrogen-bond acceptors (Lipinski definition) is 5. The van der Waals surface area contributed by atoms with Gasteiger partial charge in [-0.1, -0.05) is 0 Å². The molecule has 1 aliphatic heterocycles. The van der Waals surface area contributed by atoms with Crippen LogP contribution in [0.5, 0.6) is 5.88 Å². The van der Waals surface area contributed by atoms with E-state index in [1.54, 1.807) is 17.7 Å². The Morgan fingerprint density at radius 1 is 1.65 bits per heavy atom. The summed E-state index contributed by atoms with van der Waals surface area (Å²) >= 11 is 0. The number of methoxy groups -OCH3 is 1. The van der Waals surface area contributed by atoms with Crippen molar-refractivity contribution in [2.24, 2.45) is 0 Å². The predicted octanol–water partition coefficient (Wildman–Crippen LogP) is 1.53. The van der Waals surface area contributed by atoms with Crippen LogP contribution in [-0.2, 0) is 16.0 Å². The topological polar surface area (TPSA) is 82.4 Å². The van der Waals surface area contributed by atoms with Gasteiger partial charge >= 0.3 is 0 Å². The van der Waals surface area contributed by atoms with Crippen molar-refractivity contribution in [1.82, 2.24) is 4.57 Å². The molecule has 1 aromatic heterocycles. The Morgan fingerprint density at radius 3 is 3.05 bits per heavy atom. The molecule has 2 rings (SSSR count). The Morgan fingerprint density at radius 2 is 2.45 bits per heavy atom. The van der Waals surface area contributed by atoms with E-state index in [9.17, 15) is 5.26 Å². The molecule has 1 fully saturated rings. The van der Waals surface area contributed by atoms with Crippen LogP contribution in [0.15, 0.2) is 6.07 Å². The predicted molar refractivity (Wildman–Crippen MR) is 74.5 cm³/mol. The number of nitrogen functional groups attached to an aromatic ring is 1. The molecule has 110 valence electrons. The number of hydrogen-bond donors (Lipinski definition) is 1. The molecule has 6 nitrogen and oxygen atoms in total. The summed E-state index contributed by atoms with van der Waals surface area (Å²) in [5, 5.41) is 9.22. The Kier molecular flexibility index (Phi) is 4.88. The van der Waals surface area contributed by atoms with Gasteiger partial charge in [-0.15, -0.1) is 0 Å². The molecule has 0 spiro atoms. The summed E-state index contributed by atoms with van der Waals surface area (Å²) in [6.07, 6.45) is 2.04. The first-order chi connectivity index (χ1) is 9.65. The van der Waals surface area contributed by atoms with E-state index in [0.29, 0.717) is 30.4 Å². The van der Waals surface area contributed by atoms with E-state index in [1.165, 1.54) is 0 Å². The van der Waals surface area contributed by atoms with Gasteiger partial charge in [0.25, 0.3) is 0 Å². The zero-order valence-electron chi connectivity index (χ0n) is 12.0. The summed E-state index contributed by atoms with van der Waals surface area (Å²) in [5.41, 5.74) is 6.93. The van der Waals surface area contributed by atoms with Gasteiger partial charge in [-0.2, -0.15) is 5.26 Å². The molecule has 0 amide bonds. The lowest BCUT2D eigenvalue weighted by Crippen LogP contribution is -2.23. The van der Waals surface area contributed by atoms with Crippen LogP contribution in [0.3, 0.4) is 0 Å². The number of nitrogens with zero attached hydrogens (tertiary/aromatic N) is 2. The minimum absolute atomic E-state index is 0.119. The summed E-state index contributed by atoms with van der Waals surface area (Å²) in [6, 6.07) is 3.79. The Balaban J connectivity index is 2.20. The number of aromatic nitrogens is 1. The Hall–Kier alpha value is -1.71. The summed E-state index contributed by atoms with van der Waals surface area (Å²) in [7, 11) is 1.62. The first-order valence-corrected chi connectivity index (χ1v) is 6.82. The quantitative estimate of drug-likeness (QED) is 0.854. The first-order valence-electron chi connectivity index (χ1n) is 6.82. The number of nitriles is 1. The summed E-state index contributed by atoms with van der Waals surface area (Å²) in [6.45, 7) is 3.74. The van der Waals surface area contributed by atoms with E-state index in [4.69, 9.17) is 19.9 Å². The van der Waals surface area contributed by atoms with Crippen molar-refractivity contribution in [2.45, 2.75) is 38.5 Å². The average Bonchev–Trinajstić information content (AvgIpc) is 3.02. The van der Waals surface area contributed by atoms with E-state index in [-0.39, 0.29) is 12.2 Å². The summed E-state index contributed by atoms with van der Waals surface area (Å²) in [4.78, 5) is 0. The third kappa shape index (κ3) is 3.24. The number of anilines is 1. The molecule has 1 saturated heterocycles. The highest BCUT2D eigenvalue weighted by Crippen LogP contribution is 2.29. The van der Waals surface area contributed by atoms with Crippen molar-refractivity contribution >= 4 is 5.69 Å². The van der Waals surface area contributed by atoms with E-state index in [1.807, 2.05) is 6.92 Å². The van der Waals surface area contributed by atoms with Crippen LogP contribution in [0.4, 0.5) is 5.69 Å². The third-order valence-corrected chi connectivity index (χ3v) is 3.31. The van der Waals surface area contributed by atoms with Gasteiger partial charge in [0.05, 0.1) is 24.9 Å². The lowest BCUT2D eigenvalue weighted by molar-refractivity contribution is 0.0750. The summed E-state index contributed by atoms with van der Waals surface area (Å²) < 4.78 is 18.3. The van der Waals surface area contributed by atoms with Crippen LogP contribution in [0.25, 0.3) is 0 Å². The van der Waals surface area contributed by atoms with Gasteiger partial charge in [-0.25, -0.2) is 0 Å². The van der Waals surface area contributed by atoms with Crippen molar-refractivity contribution in [1.29, 1.82) is 5.26 Å². The van der Waals surface area contributed by atoms with E-state index in [0.717, 1.165) is 19.4 Å². The number of nitrogens with two attached hydrogens (primary N) is 1. The molecule has 0 saturated carbocycles. The van der Waals surface area contributed by atoms with Crippen LogP contribution in [0.1, 0.15) is 25.5 Å². The maximum absolute atomic E-state index is 9.22. The molecule has 1 aromatic rings. The maximum Gasteiger partial charge on any atom is 0.218 e. The highest BCUT2D eigenvalue weighted by molar-refractivity contribution is 5.55. The molecule has 2 N–H and O–H groups in total. The van der Waals surface area contributed by atoms with E-state index in [2.05, 4.69) is 6.07 Å². The van der Waals surface area contributed by atoms with Crippen molar-refractivity contribution < 1.29 is 14.2 Å². The standard InChI is InChI=1S/C14H21N3O3/c1-10(9-18-2)20-14-13(16)6-11(7-15)17(14)8-12-4-3-5-19-12/h6,10,12H,3-5,8-9,16H2,1-2H3/t10-,12+/m1/s1. The molecule has 2 atom stereocenters. The van der Waals surface area contributed by atoms with Gasteiger partial charge in [0, 0.05) is 19.8 Å². The Bertz CT molecular complexity index is 487. The van der Waals surface area contributed by atoms with Crippen LogP contribution in [0.2, 0.25) is 0 Å². The monoisotopic (exact) mass is 279 g/mol. The first kappa shape index (κ1) is 14.7. The van der Waals surface area contributed by atoms with E-state index < -0.39 is 0 Å². The molecule has 0 radical (unpaired) electrons. The van der Waals surface area contributed by atoms with Crippen molar-refractivity contribution in [2.75, 3.05) is 26.1 Å². The van der Waals surface area contributed by atoms with Crippen LogP contribution < -0.4 is 10.5 Å². The van der Waals surface area contributed by atoms with E-state index >= 15 is 0 Å². The molecule has 2 heterocycles. The van der Waals surface area contributed by atoms with Gasteiger partial charge in [-0.3, -0.25) is 4.57 Å². The molecular formula is C14H21N3O3. The fraction of sp³-hybridized carbons (Fsp3) is 0.643. The van der Waals surface area contributed by atoms with Gasteiger partial charge < -0.3 is 19.9 Å². The zero-order valence-corrected chi connectivity index (χ0v) is 12.0. The molecule has 0 unspecified atom stereocenters. The van der Waals surface area contributed by atoms with Gasteiger partial charge in [0.2, 0.25) is 5.88 Å². The Labute approximate surface area is 119 Å². The fourth-order valence-corrected chi connectivity index (χ4v) is 2.41. The van der Waals surface area contributed by atoms with Crippen LogP contribution in [-0.4, -0.2) is 37.1 Å². The maximum atomic E-state index is 9.22. The lowest BCUT2D eigenvalue weighted by atomic mass is 10.2. The average molecular weight is 279 g/mol. The normalized spacial score (nSPS) is 19.8. The smallest absolute Gasteiger partial charge is 0.218 e. The molecular weight excluding hydrogens is 258 g/mol. The van der Waals surface area contributed by atoms with Crippen LogP contribution in [0, 0.1) is 11.3 Å². The molecule has 0 bridgehead atoms. The minimum atomic E-state index is -0.132. The van der Waals surface area contributed by atoms with Crippen molar-refractivity contribution in [3.05, 3.63) is 11.8 Å². The minimum Gasteiger partial charge on any atom is -0.472 e. The van der Waals surface area contributed by atoms with Gasteiger partial charge in [0.1, 0.15) is 17.9 Å². The third-order valence-electron chi connectivity index (χ3n) is 3.31. The number of ether oxygens (including phenoxy) is 3. The van der Waals surface area contributed by atoms with Gasteiger partial charge in [0.15, 0.2) is 0 Å². The van der Waals surface area contributed by atoms with Crippen LogP contribution >= 0.6 is 0 Å². The van der Waals surface area contributed by atoms with Gasteiger partial charge in [-0.05, 0) is 19.8 Å². The highest BCUT2D eigenvalue weighted by Gasteiger charge is 2.22. The zero-order chi connectivity index (χ0) is 14.5. The molecule has 0 aliphatic carbocycles. The van der Waals surface area contributed by atoms with Crippen molar-refractivity contribution in [3.63, 3.8) is 0 Å². The second kappa shape index (κ2) is 6.64. The molecule has 1 aliphatic rings. The number of rotatable bonds is 6. The molecule has 6 heteroatoms. The highest BCUT2D eigenvalue weighted by atomic mass is 16.5.